The third-order valence-corrected chi connectivity index (χ3v) is 3.17. The number of amides is 3. The predicted molar refractivity (Wildman–Crippen MR) is 74.9 cm³/mol. The van der Waals surface area contributed by atoms with Crippen LogP contribution in [0.2, 0.25) is 0 Å². The van der Waals surface area contributed by atoms with Gasteiger partial charge in [-0.3, -0.25) is 15.0 Å². The van der Waals surface area contributed by atoms with E-state index in [0.29, 0.717) is 12.5 Å². The van der Waals surface area contributed by atoms with E-state index >= 15 is 0 Å². The summed E-state index contributed by atoms with van der Waals surface area (Å²) in [6.07, 6.45) is 3.26. The highest BCUT2D eigenvalue weighted by Crippen LogP contribution is 2.10. The predicted octanol–water partition coefficient (Wildman–Crippen LogP) is 0.154. The lowest BCUT2D eigenvalue weighted by molar-refractivity contribution is -0.121. The van der Waals surface area contributed by atoms with Crippen LogP contribution < -0.4 is 16.0 Å². The molecule has 110 valence electrons. The number of rotatable bonds is 6. The summed E-state index contributed by atoms with van der Waals surface area (Å²) < 4.78 is 0. The standard InChI is InChI=1S/C13H26N4O2/c1-3-6-15-13(19)16-12(18)10-17(2)9-11-5-4-7-14-8-11/h11,14H,3-10H2,1-2H3,(H2,15,16,18,19). The van der Waals surface area contributed by atoms with Gasteiger partial charge in [-0.15, -0.1) is 0 Å². The molecule has 3 amide bonds. The molecule has 19 heavy (non-hydrogen) atoms. The zero-order valence-electron chi connectivity index (χ0n) is 12.0. The molecule has 0 aliphatic carbocycles. The van der Waals surface area contributed by atoms with E-state index in [1.807, 2.05) is 18.9 Å². The molecule has 1 atom stereocenters. The van der Waals surface area contributed by atoms with Crippen LogP contribution in [0.5, 0.6) is 0 Å². The first-order chi connectivity index (χ1) is 9.11. The molecule has 0 saturated carbocycles. The van der Waals surface area contributed by atoms with Gasteiger partial charge in [0.15, 0.2) is 0 Å². The third kappa shape index (κ3) is 7.12. The number of carbonyl (C=O) groups is 2. The van der Waals surface area contributed by atoms with Crippen LogP contribution in [0.4, 0.5) is 4.79 Å². The largest absolute Gasteiger partial charge is 0.338 e. The van der Waals surface area contributed by atoms with Crippen molar-refractivity contribution < 1.29 is 9.59 Å². The van der Waals surface area contributed by atoms with E-state index in [-0.39, 0.29) is 12.5 Å². The lowest BCUT2D eigenvalue weighted by atomic mass is 9.99. The van der Waals surface area contributed by atoms with E-state index in [2.05, 4.69) is 16.0 Å². The minimum absolute atomic E-state index is 0.250. The summed E-state index contributed by atoms with van der Waals surface area (Å²) in [6.45, 7) is 5.81. The van der Waals surface area contributed by atoms with Gasteiger partial charge < -0.3 is 10.6 Å². The van der Waals surface area contributed by atoms with Crippen molar-refractivity contribution >= 4 is 11.9 Å². The average molecular weight is 270 g/mol. The number of piperidine rings is 1. The monoisotopic (exact) mass is 270 g/mol. The van der Waals surface area contributed by atoms with Crippen molar-refractivity contribution in [2.75, 3.05) is 39.8 Å². The molecule has 1 aliphatic heterocycles. The minimum Gasteiger partial charge on any atom is -0.338 e. The Bertz CT molecular complexity index is 290. The molecule has 1 saturated heterocycles. The molecule has 0 radical (unpaired) electrons. The summed E-state index contributed by atoms with van der Waals surface area (Å²) in [5, 5.41) is 8.31. The number of nitrogens with zero attached hydrogens (tertiary/aromatic N) is 1. The van der Waals surface area contributed by atoms with Gasteiger partial charge >= 0.3 is 6.03 Å². The van der Waals surface area contributed by atoms with E-state index in [1.165, 1.54) is 12.8 Å². The second kappa shape index (κ2) is 8.87. The van der Waals surface area contributed by atoms with E-state index in [9.17, 15) is 9.59 Å². The SMILES string of the molecule is CCCNC(=O)NC(=O)CN(C)CC1CCCNC1. The van der Waals surface area contributed by atoms with Crippen molar-refractivity contribution in [1.82, 2.24) is 20.9 Å². The van der Waals surface area contributed by atoms with E-state index < -0.39 is 6.03 Å². The molecule has 0 spiro atoms. The molecular formula is C13H26N4O2. The summed E-state index contributed by atoms with van der Waals surface area (Å²) in [5.41, 5.74) is 0. The first-order valence-electron chi connectivity index (χ1n) is 7.08. The summed E-state index contributed by atoms with van der Waals surface area (Å²) in [7, 11) is 1.91. The number of hydrogen-bond acceptors (Lipinski definition) is 4. The van der Waals surface area contributed by atoms with Crippen LogP contribution in [0.1, 0.15) is 26.2 Å². The van der Waals surface area contributed by atoms with Crippen LogP contribution in [0, 0.1) is 5.92 Å². The molecule has 0 aromatic rings. The summed E-state index contributed by atoms with van der Waals surface area (Å²) in [5.74, 6) is 0.348. The van der Waals surface area contributed by atoms with E-state index in [0.717, 1.165) is 26.1 Å². The fraction of sp³-hybridized carbons (Fsp3) is 0.846. The lowest BCUT2D eigenvalue weighted by Gasteiger charge is -2.27. The average Bonchev–Trinajstić information content (AvgIpc) is 2.37. The molecule has 6 heteroatoms. The normalized spacial score (nSPS) is 19.2. The van der Waals surface area contributed by atoms with Crippen molar-refractivity contribution in [1.29, 1.82) is 0 Å². The second-order valence-corrected chi connectivity index (χ2v) is 5.21. The molecule has 1 unspecified atom stereocenters. The number of urea groups is 1. The number of carbonyl (C=O) groups excluding carboxylic acids is 2. The molecule has 6 nitrogen and oxygen atoms in total. The van der Waals surface area contributed by atoms with Gasteiger partial charge in [0, 0.05) is 13.1 Å². The zero-order chi connectivity index (χ0) is 14.1. The molecule has 0 aromatic heterocycles. The highest BCUT2D eigenvalue weighted by molar-refractivity contribution is 5.95. The fourth-order valence-corrected chi connectivity index (χ4v) is 2.28. The van der Waals surface area contributed by atoms with Crippen molar-refractivity contribution in [3.8, 4) is 0 Å². The van der Waals surface area contributed by atoms with Crippen molar-refractivity contribution in [3.63, 3.8) is 0 Å². The van der Waals surface area contributed by atoms with Gasteiger partial charge in [0.05, 0.1) is 6.54 Å². The molecule has 3 N–H and O–H groups in total. The second-order valence-electron chi connectivity index (χ2n) is 5.21. The minimum atomic E-state index is -0.403. The smallest absolute Gasteiger partial charge is 0.321 e. The van der Waals surface area contributed by atoms with E-state index in [4.69, 9.17) is 0 Å². The highest BCUT2D eigenvalue weighted by atomic mass is 16.2. The van der Waals surface area contributed by atoms with Crippen LogP contribution in [-0.2, 0) is 4.79 Å². The fourth-order valence-electron chi connectivity index (χ4n) is 2.28. The van der Waals surface area contributed by atoms with Crippen molar-refractivity contribution in [2.24, 2.45) is 5.92 Å². The van der Waals surface area contributed by atoms with E-state index in [1.54, 1.807) is 0 Å². The summed E-state index contributed by atoms with van der Waals surface area (Å²) in [6, 6.07) is -0.403. The van der Waals surface area contributed by atoms with Crippen molar-refractivity contribution in [2.45, 2.75) is 26.2 Å². The van der Waals surface area contributed by atoms with Crippen LogP contribution in [0.25, 0.3) is 0 Å². The Balaban J connectivity index is 2.17. The Hall–Kier alpha value is -1.14. The molecule has 1 aliphatic rings. The maximum atomic E-state index is 11.6. The van der Waals surface area contributed by atoms with Crippen LogP contribution >= 0.6 is 0 Å². The van der Waals surface area contributed by atoms with Crippen LogP contribution in [-0.4, -0.2) is 56.6 Å². The maximum Gasteiger partial charge on any atom is 0.321 e. The first kappa shape index (κ1) is 15.9. The number of nitrogens with one attached hydrogen (secondary N) is 3. The Morgan fingerprint density at radius 1 is 1.42 bits per heavy atom. The zero-order valence-corrected chi connectivity index (χ0v) is 12.0. The van der Waals surface area contributed by atoms with Crippen molar-refractivity contribution in [3.05, 3.63) is 0 Å². The number of imide groups is 1. The number of hydrogen-bond donors (Lipinski definition) is 3. The van der Waals surface area contributed by atoms with Gasteiger partial charge in [-0.25, -0.2) is 4.79 Å². The first-order valence-corrected chi connectivity index (χ1v) is 7.08. The van der Waals surface area contributed by atoms with Gasteiger partial charge in [-0.05, 0) is 45.3 Å². The summed E-state index contributed by atoms with van der Waals surface area (Å²) >= 11 is 0. The number of likely N-dealkylation sites (N-methyl/N-ethyl adjacent to an activating group) is 1. The van der Waals surface area contributed by atoms with Gasteiger partial charge in [0.1, 0.15) is 0 Å². The Morgan fingerprint density at radius 2 is 2.21 bits per heavy atom. The third-order valence-electron chi connectivity index (χ3n) is 3.17. The molecular weight excluding hydrogens is 244 g/mol. The molecule has 0 aromatic carbocycles. The molecule has 1 rings (SSSR count). The van der Waals surface area contributed by atoms with Gasteiger partial charge in [-0.1, -0.05) is 6.92 Å². The Kier molecular flexibility index (Phi) is 7.43. The quantitative estimate of drug-likeness (QED) is 0.642. The van der Waals surface area contributed by atoms with Crippen LogP contribution in [0.15, 0.2) is 0 Å². The van der Waals surface area contributed by atoms with Gasteiger partial charge in [0.2, 0.25) is 5.91 Å². The van der Waals surface area contributed by atoms with Gasteiger partial charge in [-0.2, -0.15) is 0 Å². The lowest BCUT2D eigenvalue weighted by Crippen LogP contribution is -2.45. The summed E-state index contributed by atoms with van der Waals surface area (Å²) in [4.78, 5) is 24.9. The highest BCUT2D eigenvalue weighted by Gasteiger charge is 2.17. The molecule has 1 fully saturated rings. The Labute approximate surface area is 115 Å². The maximum absolute atomic E-state index is 11.6. The topological polar surface area (TPSA) is 73.5 Å². The molecule has 0 bridgehead atoms. The molecule has 1 heterocycles. The van der Waals surface area contributed by atoms with Gasteiger partial charge in [0.25, 0.3) is 0 Å². The Morgan fingerprint density at radius 3 is 2.84 bits per heavy atom. The van der Waals surface area contributed by atoms with Crippen LogP contribution in [0.3, 0.4) is 0 Å².